The molecule has 1 heterocycles. The zero-order valence-electron chi connectivity index (χ0n) is 15.5. The number of nitrogens with zero attached hydrogens (tertiary/aromatic N) is 1. The SMILES string of the molecule is C[C@H]1C[C@H]1C(=O)NCCC(=O)NCc1ccnc(OC2CCCCC2)c1. The van der Waals surface area contributed by atoms with Gasteiger partial charge in [-0.05, 0) is 49.7 Å². The van der Waals surface area contributed by atoms with Gasteiger partial charge in [0.2, 0.25) is 17.7 Å². The van der Waals surface area contributed by atoms with Gasteiger partial charge in [0.25, 0.3) is 0 Å². The molecule has 2 aliphatic rings. The van der Waals surface area contributed by atoms with Gasteiger partial charge in [-0.3, -0.25) is 9.59 Å². The van der Waals surface area contributed by atoms with Crippen molar-refractivity contribution in [2.75, 3.05) is 6.54 Å². The number of nitrogens with one attached hydrogen (secondary N) is 2. The average Bonchev–Trinajstić information content (AvgIpc) is 3.38. The topological polar surface area (TPSA) is 80.3 Å². The van der Waals surface area contributed by atoms with Crippen LogP contribution in [0.5, 0.6) is 5.88 Å². The molecule has 2 amide bonds. The standard InChI is InChI=1S/C20H29N3O3/c1-14-11-17(14)20(25)22-10-8-18(24)23-13-15-7-9-21-19(12-15)26-16-5-3-2-4-6-16/h7,9,12,14,16-17H,2-6,8,10-11,13H2,1H3,(H,22,25)(H,23,24)/t14-,17+/m0/s1. The molecule has 0 aromatic carbocycles. The summed E-state index contributed by atoms with van der Waals surface area (Å²) in [6.07, 6.45) is 9.15. The summed E-state index contributed by atoms with van der Waals surface area (Å²) in [6.45, 7) is 2.90. The second-order valence-corrected chi connectivity index (χ2v) is 7.52. The minimum atomic E-state index is -0.0688. The number of carbonyl (C=O) groups is 2. The van der Waals surface area contributed by atoms with Crippen molar-refractivity contribution in [2.45, 2.75) is 64.5 Å². The quantitative estimate of drug-likeness (QED) is 0.748. The van der Waals surface area contributed by atoms with E-state index < -0.39 is 0 Å². The summed E-state index contributed by atoms with van der Waals surface area (Å²) in [5, 5.41) is 5.71. The second-order valence-electron chi connectivity index (χ2n) is 7.52. The molecule has 0 spiro atoms. The Kier molecular flexibility index (Phi) is 6.47. The van der Waals surface area contributed by atoms with Crippen molar-refractivity contribution in [3.05, 3.63) is 23.9 Å². The van der Waals surface area contributed by atoms with Gasteiger partial charge in [0.15, 0.2) is 0 Å². The van der Waals surface area contributed by atoms with E-state index in [1.54, 1.807) is 6.20 Å². The molecule has 1 aromatic rings. The number of rotatable bonds is 8. The summed E-state index contributed by atoms with van der Waals surface area (Å²) < 4.78 is 5.96. The van der Waals surface area contributed by atoms with Crippen molar-refractivity contribution in [1.29, 1.82) is 0 Å². The van der Waals surface area contributed by atoms with Gasteiger partial charge >= 0.3 is 0 Å². The molecule has 142 valence electrons. The molecule has 6 heteroatoms. The molecule has 0 saturated heterocycles. The summed E-state index contributed by atoms with van der Waals surface area (Å²) in [4.78, 5) is 27.9. The van der Waals surface area contributed by atoms with Crippen molar-refractivity contribution >= 4 is 11.8 Å². The molecule has 2 saturated carbocycles. The van der Waals surface area contributed by atoms with Gasteiger partial charge in [0.1, 0.15) is 6.10 Å². The lowest BCUT2D eigenvalue weighted by Gasteiger charge is -2.22. The van der Waals surface area contributed by atoms with E-state index in [4.69, 9.17) is 4.74 Å². The highest BCUT2D eigenvalue weighted by atomic mass is 16.5. The fourth-order valence-corrected chi connectivity index (χ4v) is 3.39. The normalized spacial score (nSPS) is 22.5. The molecule has 6 nitrogen and oxygen atoms in total. The highest BCUT2D eigenvalue weighted by Crippen LogP contribution is 2.37. The molecule has 2 aliphatic carbocycles. The first-order chi connectivity index (χ1) is 12.6. The highest BCUT2D eigenvalue weighted by Gasteiger charge is 2.38. The van der Waals surface area contributed by atoms with E-state index in [2.05, 4.69) is 22.5 Å². The van der Waals surface area contributed by atoms with Gasteiger partial charge in [-0.15, -0.1) is 0 Å². The van der Waals surface area contributed by atoms with Gasteiger partial charge in [-0.1, -0.05) is 13.3 Å². The lowest BCUT2D eigenvalue weighted by atomic mass is 9.98. The van der Waals surface area contributed by atoms with Gasteiger partial charge in [-0.25, -0.2) is 4.98 Å². The maximum Gasteiger partial charge on any atom is 0.223 e. The Hall–Kier alpha value is -2.11. The molecule has 0 aliphatic heterocycles. The van der Waals surface area contributed by atoms with Crippen LogP contribution in [-0.4, -0.2) is 29.4 Å². The molecule has 26 heavy (non-hydrogen) atoms. The van der Waals surface area contributed by atoms with Gasteiger partial charge in [0.05, 0.1) is 0 Å². The zero-order valence-corrected chi connectivity index (χ0v) is 15.5. The van der Waals surface area contributed by atoms with Crippen LogP contribution in [0.25, 0.3) is 0 Å². The maximum atomic E-state index is 11.9. The van der Waals surface area contributed by atoms with Crippen molar-refractivity contribution < 1.29 is 14.3 Å². The Morgan fingerprint density at radius 2 is 2.00 bits per heavy atom. The third-order valence-electron chi connectivity index (χ3n) is 5.23. The first-order valence-corrected chi connectivity index (χ1v) is 9.78. The van der Waals surface area contributed by atoms with E-state index in [-0.39, 0.29) is 23.8 Å². The molecular weight excluding hydrogens is 330 g/mol. The van der Waals surface area contributed by atoms with E-state index in [1.165, 1.54) is 19.3 Å². The molecule has 3 rings (SSSR count). The third-order valence-corrected chi connectivity index (χ3v) is 5.23. The first kappa shape index (κ1) is 18.7. The van der Waals surface area contributed by atoms with Crippen LogP contribution >= 0.6 is 0 Å². The summed E-state index contributed by atoms with van der Waals surface area (Å²) in [7, 11) is 0. The molecule has 2 atom stereocenters. The lowest BCUT2D eigenvalue weighted by molar-refractivity contribution is -0.123. The monoisotopic (exact) mass is 359 g/mol. The number of pyridine rings is 1. The number of carbonyl (C=O) groups excluding carboxylic acids is 2. The van der Waals surface area contributed by atoms with Gasteiger partial charge in [-0.2, -0.15) is 0 Å². The average molecular weight is 359 g/mol. The first-order valence-electron chi connectivity index (χ1n) is 9.78. The molecular formula is C20H29N3O3. The summed E-state index contributed by atoms with van der Waals surface area (Å²) >= 11 is 0. The van der Waals surface area contributed by atoms with Crippen LogP contribution in [-0.2, 0) is 16.1 Å². The number of aromatic nitrogens is 1. The van der Waals surface area contributed by atoms with E-state index in [0.717, 1.165) is 24.8 Å². The van der Waals surface area contributed by atoms with Crippen LogP contribution in [0.1, 0.15) is 57.4 Å². The van der Waals surface area contributed by atoms with E-state index in [0.29, 0.717) is 31.3 Å². The minimum absolute atomic E-state index is 0.0688. The molecule has 2 fully saturated rings. The Morgan fingerprint density at radius 3 is 2.73 bits per heavy atom. The molecule has 0 radical (unpaired) electrons. The largest absolute Gasteiger partial charge is 0.474 e. The summed E-state index contributed by atoms with van der Waals surface area (Å²) in [5.41, 5.74) is 0.968. The molecule has 0 unspecified atom stereocenters. The van der Waals surface area contributed by atoms with Crippen LogP contribution in [0.3, 0.4) is 0 Å². The molecule has 0 bridgehead atoms. The van der Waals surface area contributed by atoms with Crippen molar-refractivity contribution in [3.63, 3.8) is 0 Å². The van der Waals surface area contributed by atoms with Crippen LogP contribution < -0.4 is 15.4 Å². The van der Waals surface area contributed by atoms with Crippen molar-refractivity contribution in [2.24, 2.45) is 11.8 Å². The summed E-state index contributed by atoms with van der Waals surface area (Å²) in [5.74, 6) is 1.28. The van der Waals surface area contributed by atoms with E-state index >= 15 is 0 Å². The van der Waals surface area contributed by atoms with Crippen LogP contribution in [0, 0.1) is 11.8 Å². The Labute approximate surface area is 155 Å². The Morgan fingerprint density at radius 1 is 1.23 bits per heavy atom. The van der Waals surface area contributed by atoms with Gasteiger partial charge in [0, 0.05) is 37.7 Å². The predicted octanol–water partition coefficient (Wildman–Crippen LogP) is 2.57. The van der Waals surface area contributed by atoms with E-state index in [1.807, 2.05) is 12.1 Å². The van der Waals surface area contributed by atoms with Crippen LogP contribution in [0.4, 0.5) is 0 Å². The maximum absolute atomic E-state index is 11.9. The Bertz CT molecular complexity index is 628. The Balaban J connectivity index is 1.36. The number of hydrogen-bond acceptors (Lipinski definition) is 4. The molecule has 1 aromatic heterocycles. The fourth-order valence-electron chi connectivity index (χ4n) is 3.39. The fraction of sp³-hybridized carbons (Fsp3) is 0.650. The van der Waals surface area contributed by atoms with E-state index in [9.17, 15) is 9.59 Å². The second kappa shape index (κ2) is 9.01. The number of hydrogen-bond donors (Lipinski definition) is 2. The predicted molar refractivity (Wildman–Crippen MR) is 98.5 cm³/mol. The van der Waals surface area contributed by atoms with Crippen molar-refractivity contribution in [1.82, 2.24) is 15.6 Å². The highest BCUT2D eigenvalue weighted by molar-refractivity contribution is 5.82. The van der Waals surface area contributed by atoms with Crippen molar-refractivity contribution in [3.8, 4) is 5.88 Å². The molecule has 2 N–H and O–H groups in total. The van der Waals surface area contributed by atoms with Gasteiger partial charge < -0.3 is 15.4 Å². The van der Waals surface area contributed by atoms with Crippen LogP contribution in [0.15, 0.2) is 18.3 Å². The smallest absolute Gasteiger partial charge is 0.223 e. The minimum Gasteiger partial charge on any atom is -0.474 e. The summed E-state index contributed by atoms with van der Waals surface area (Å²) in [6, 6.07) is 3.77. The number of ether oxygens (including phenoxy) is 1. The van der Waals surface area contributed by atoms with Crippen LogP contribution in [0.2, 0.25) is 0 Å². The zero-order chi connectivity index (χ0) is 18.4. The third kappa shape index (κ3) is 5.71. The lowest BCUT2D eigenvalue weighted by Crippen LogP contribution is -2.31. The number of amides is 2.